The third-order valence-corrected chi connectivity index (χ3v) is 4.61. The molecule has 1 saturated heterocycles. The summed E-state index contributed by atoms with van der Waals surface area (Å²) in [4.78, 5) is 29.6. The fraction of sp³-hybridized carbons (Fsp3) is 0.538. The van der Waals surface area contributed by atoms with Gasteiger partial charge in [0.15, 0.2) is 11.0 Å². The van der Waals surface area contributed by atoms with Gasteiger partial charge >= 0.3 is 0 Å². The third kappa shape index (κ3) is 3.78. The number of thiazole rings is 1. The number of amides is 1. The lowest BCUT2D eigenvalue weighted by Crippen LogP contribution is -2.43. The summed E-state index contributed by atoms with van der Waals surface area (Å²) in [5.74, 6) is -1.39. The van der Waals surface area contributed by atoms with Crippen LogP contribution in [0.25, 0.3) is 0 Å². The highest BCUT2D eigenvalue weighted by Crippen LogP contribution is 2.26. The predicted octanol–water partition coefficient (Wildman–Crippen LogP) is 0.423. The number of likely N-dealkylation sites (tertiary alicyclic amines) is 1. The summed E-state index contributed by atoms with van der Waals surface area (Å²) in [6.45, 7) is 1.36. The number of nitrogens with zero attached hydrogens (tertiary/aromatic N) is 2. The van der Waals surface area contributed by atoms with E-state index in [9.17, 15) is 9.59 Å². The van der Waals surface area contributed by atoms with Crippen LogP contribution in [0.3, 0.4) is 0 Å². The molecule has 0 aliphatic carbocycles. The Bertz CT molecular complexity index is 523. The van der Waals surface area contributed by atoms with Gasteiger partial charge in [-0.25, -0.2) is 4.98 Å². The van der Waals surface area contributed by atoms with Crippen LogP contribution in [-0.2, 0) is 4.79 Å². The van der Waals surface area contributed by atoms with E-state index < -0.39 is 11.8 Å². The minimum Gasteiger partial charge on any atom is -0.370 e. The SMILES string of the molecule is N=C(N)N1CCC(CC(C(N)=O)C(=O)c2nccs2)CC1. The molecule has 2 heterocycles. The number of nitrogens with two attached hydrogens (primary N) is 2. The molecule has 2 rings (SSSR count). The number of carbonyl (C=O) groups excluding carboxylic acids is 2. The van der Waals surface area contributed by atoms with Crippen LogP contribution in [0.4, 0.5) is 0 Å². The molecule has 1 fully saturated rings. The van der Waals surface area contributed by atoms with Crippen LogP contribution >= 0.6 is 11.3 Å². The average Bonchev–Trinajstić information content (AvgIpc) is 2.98. The Morgan fingerprint density at radius 3 is 2.57 bits per heavy atom. The first-order valence-corrected chi connectivity index (χ1v) is 7.69. The summed E-state index contributed by atoms with van der Waals surface area (Å²) in [5, 5.41) is 9.43. The molecule has 0 saturated carbocycles. The fourth-order valence-corrected chi connectivity index (χ4v) is 3.22. The number of primary amides is 1. The van der Waals surface area contributed by atoms with Gasteiger partial charge in [-0.2, -0.15) is 0 Å². The second-order valence-corrected chi connectivity index (χ2v) is 6.10. The van der Waals surface area contributed by atoms with Crippen LogP contribution in [0, 0.1) is 17.2 Å². The van der Waals surface area contributed by atoms with E-state index in [2.05, 4.69) is 4.98 Å². The van der Waals surface area contributed by atoms with Gasteiger partial charge in [-0.3, -0.25) is 15.0 Å². The molecule has 0 aromatic carbocycles. The smallest absolute Gasteiger partial charge is 0.228 e. The monoisotopic (exact) mass is 309 g/mol. The summed E-state index contributed by atoms with van der Waals surface area (Å²) >= 11 is 1.22. The zero-order valence-electron chi connectivity index (χ0n) is 11.6. The predicted molar refractivity (Wildman–Crippen MR) is 80.0 cm³/mol. The molecule has 1 aromatic rings. The molecular formula is C13H19N5O2S. The van der Waals surface area contributed by atoms with Gasteiger partial charge in [-0.05, 0) is 25.2 Å². The third-order valence-electron chi connectivity index (χ3n) is 3.83. The molecule has 1 aromatic heterocycles. The van der Waals surface area contributed by atoms with E-state index in [0.717, 1.165) is 12.8 Å². The molecule has 114 valence electrons. The van der Waals surface area contributed by atoms with Crippen molar-refractivity contribution in [3.8, 4) is 0 Å². The molecule has 1 aliphatic rings. The van der Waals surface area contributed by atoms with Gasteiger partial charge in [-0.1, -0.05) is 0 Å². The van der Waals surface area contributed by atoms with Gasteiger partial charge in [0, 0.05) is 24.7 Å². The molecule has 1 unspecified atom stereocenters. The summed E-state index contributed by atoms with van der Waals surface area (Å²) in [7, 11) is 0. The number of nitrogens with one attached hydrogen (secondary N) is 1. The van der Waals surface area contributed by atoms with Crippen LogP contribution in [-0.4, -0.2) is 40.6 Å². The van der Waals surface area contributed by atoms with Crippen molar-refractivity contribution >= 4 is 29.0 Å². The minimum atomic E-state index is -0.815. The van der Waals surface area contributed by atoms with Crippen LogP contribution < -0.4 is 11.5 Å². The number of guanidine groups is 1. The standard InChI is InChI=1S/C13H19N5O2S/c14-11(20)9(10(19)12-17-3-6-21-12)7-8-1-4-18(5-2-8)13(15)16/h3,6,8-9H,1-2,4-5,7H2,(H2,14,20)(H3,15,16). The van der Waals surface area contributed by atoms with Crippen molar-refractivity contribution in [3.05, 3.63) is 16.6 Å². The number of hydrogen-bond donors (Lipinski definition) is 3. The molecule has 0 radical (unpaired) electrons. The lowest BCUT2D eigenvalue weighted by atomic mass is 9.85. The van der Waals surface area contributed by atoms with Crippen molar-refractivity contribution in [3.63, 3.8) is 0 Å². The molecule has 1 amide bonds. The lowest BCUT2D eigenvalue weighted by molar-refractivity contribution is -0.121. The second-order valence-electron chi connectivity index (χ2n) is 5.21. The van der Waals surface area contributed by atoms with Crippen LogP contribution in [0.1, 0.15) is 29.1 Å². The van der Waals surface area contributed by atoms with Crippen LogP contribution in [0.15, 0.2) is 11.6 Å². The molecule has 8 heteroatoms. The average molecular weight is 309 g/mol. The van der Waals surface area contributed by atoms with E-state index in [1.165, 1.54) is 11.3 Å². The Kier molecular flexibility index (Phi) is 4.89. The Balaban J connectivity index is 1.97. The highest BCUT2D eigenvalue weighted by Gasteiger charge is 2.31. The van der Waals surface area contributed by atoms with E-state index in [1.54, 1.807) is 16.5 Å². The van der Waals surface area contributed by atoms with Crippen LogP contribution in [0.2, 0.25) is 0 Å². The molecule has 0 bridgehead atoms. The Hall–Kier alpha value is -1.96. The number of carbonyl (C=O) groups is 2. The van der Waals surface area contributed by atoms with Gasteiger partial charge in [0.25, 0.3) is 0 Å². The van der Waals surface area contributed by atoms with Crippen LogP contribution in [0.5, 0.6) is 0 Å². The highest BCUT2D eigenvalue weighted by molar-refractivity contribution is 7.11. The Morgan fingerprint density at radius 1 is 1.43 bits per heavy atom. The molecule has 1 atom stereocenters. The number of rotatable bonds is 5. The van der Waals surface area contributed by atoms with Crippen molar-refractivity contribution in [1.29, 1.82) is 5.41 Å². The molecular weight excluding hydrogens is 290 g/mol. The van der Waals surface area contributed by atoms with Crippen molar-refractivity contribution in [2.24, 2.45) is 23.3 Å². The number of aromatic nitrogens is 1. The number of hydrogen-bond acceptors (Lipinski definition) is 5. The number of piperidine rings is 1. The summed E-state index contributed by atoms with van der Waals surface area (Å²) in [6, 6.07) is 0. The van der Waals surface area contributed by atoms with Crippen molar-refractivity contribution in [2.45, 2.75) is 19.3 Å². The first kappa shape index (κ1) is 15.4. The van der Waals surface area contributed by atoms with E-state index >= 15 is 0 Å². The topological polar surface area (TPSA) is 126 Å². The molecule has 7 nitrogen and oxygen atoms in total. The minimum absolute atomic E-state index is 0.0683. The summed E-state index contributed by atoms with van der Waals surface area (Å²) < 4.78 is 0. The Labute approximate surface area is 126 Å². The van der Waals surface area contributed by atoms with Crippen molar-refractivity contribution in [2.75, 3.05) is 13.1 Å². The molecule has 0 spiro atoms. The van der Waals surface area contributed by atoms with Gasteiger partial charge in [0.2, 0.25) is 11.7 Å². The lowest BCUT2D eigenvalue weighted by Gasteiger charge is -2.33. The van der Waals surface area contributed by atoms with E-state index in [4.69, 9.17) is 16.9 Å². The highest BCUT2D eigenvalue weighted by atomic mass is 32.1. The maximum Gasteiger partial charge on any atom is 0.228 e. The van der Waals surface area contributed by atoms with Gasteiger partial charge in [0.1, 0.15) is 5.92 Å². The van der Waals surface area contributed by atoms with Gasteiger partial charge in [-0.15, -0.1) is 11.3 Å². The normalized spacial score (nSPS) is 17.4. The van der Waals surface area contributed by atoms with E-state index in [0.29, 0.717) is 24.5 Å². The molecule has 21 heavy (non-hydrogen) atoms. The first-order chi connectivity index (χ1) is 9.99. The maximum absolute atomic E-state index is 12.3. The Morgan fingerprint density at radius 2 is 2.10 bits per heavy atom. The quantitative estimate of drug-likeness (QED) is 0.314. The first-order valence-electron chi connectivity index (χ1n) is 6.81. The van der Waals surface area contributed by atoms with Crippen molar-refractivity contribution < 1.29 is 9.59 Å². The maximum atomic E-state index is 12.3. The van der Waals surface area contributed by atoms with E-state index in [-0.39, 0.29) is 17.7 Å². The zero-order chi connectivity index (χ0) is 15.4. The second kappa shape index (κ2) is 6.66. The largest absolute Gasteiger partial charge is 0.370 e. The van der Waals surface area contributed by atoms with Gasteiger partial charge in [0.05, 0.1) is 0 Å². The van der Waals surface area contributed by atoms with E-state index in [1.807, 2.05) is 0 Å². The number of ketones is 1. The number of Topliss-reactive ketones (excluding diaryl/α,β-unsaturated/α-hetero) is 1. The summed E-state index contributed by atoms with van der Waals surface area (Å²) in [5.41, 5.74) is 10.8. The van der Waals surface area contributed by atoms with Crippen molar-refractivity contribution in [1.82, 2.24) is 9.88 Å². The zero-order valence-corrected chi connectivity index (χ0v) is 12.4. The summed E-state index contributed by atoms with van der Waals surface area (Å²) in [6.07, 6.45) is 3.59. The van der Waals surface area contributed by atoms with Gasteiger partial charge < -0.3 is 16.4 Å². The fourth-order valence-electron chi connectivity index (χ4n) is 2.59. The molecule has 5 N–H and O–H groups in total. The molecule has 1 aliphatic heterocycles.